The van der Waals surface area contributed by atoms with Crippen LogP contribution in [0.25, 0.3) is 88.5 Å². The highest BCUT2D eigenvalue weighted by molar-refractivity contribution is 6.15. The van der Waals surface area contributed by atoms with E-state index in [2.05, 4.69) is 166 Å². The number of hydrogen-bond acceptors (Lipinski definition) is 2. The molecule has 0 N–H and O–H groups in total. The molecule has 1 heterocycles. The lowest BCUT2D eigenvalue weighted by molar-refractivity contribution is 0.660. The molecule has 0 amide bonds. The fraction of sp³-hybridized carbons (Fsp3) is 0.0612. The first-order valence-corrected chi connectivity index (χ1v) is 17.7. The van der Waals surface area contributed by atoms with E-state index >= 15 is 0 Å². The second-order valence-corrected chi connectivity index (χ2v) is 14.2. The maximum absolute atomic E-state index is 5.15. The molecular formula is C49H34N2. The zero-order valence-electron chi connectivity index (χ0n) is 28.6. The topological polar surface area (TPSA) is 25.8 Å². The van der Waals surface area contributed by atoms with Crippen LogP contribution < -0.4 is 0 Å². The van der Waals surface area contributed by atoms with E-state index in [-0.39, 0.29) is 5.41 Å². The van der Waals surface area contributed by atoms with Crippen LogP contribution in [0.3, 0.4) is 0 Å². The monoisotopic (exact) mass is 650 g/mol. The van der Waals surface area contributed by atoms with E-state index in [1.165, 1.54) is 65.7 Å². The smallest absolute Gasteiger partial charge is 0.160 e. The molecule has 0 atom stereocenters. The lowest BCUT2D eigenvalue weighted by Gasteiger charge is -2.21. The second kappa shape index (κ2) is 11.3. The minimum Gasteiger partial charge on any atom is -0.228 e. The molecule has 0 saturated heterocycles. The predicted molar refractivity (Wildman–Crippen MR) is 214 cm³/mol. The van der Waals surface area contributed by atoms with Crippen LogP contribution in [0.15, 0.2) is 170 Å². The number of benzene rings is 8. The Hall–Kier alpha value is -6.38. The Labute approximate surface area is 297 Å². The molecule has 1 aliphatic carbocycles. The van der Waals surface area contributed by atoms with Crippen LogP contribution in [-0.4, -0.2) is 9.97 Å². The minimum atomic E-state index is -0.0379. The summed E-state index contributed by atoms with van der Waals surface area (Å²) in [5.41, 5.74) is 12.7. The van der Waals surface area contributed by atoms with Crippen LogP contribution in [0.4, 0.5) is 0 Å². The van der Waals surface area contributed by atoms with Gasteiger partial charge in [0.1, 0.15) is 0 Å². The number of aromatic nitrogens is 2. The lowest BCUT2D eigenvalue weighted by atomic mass is 9.82. The molecule has 9 aromatic rings. The van der Waals surface area contributed by atoms with E-state index in [9.17, 15) is 0 Å². The van der Waals surface area contributed by atoms with Crippen molar-refractivity contribution in [3.05, 3.63) is 181 Å². The first-order valence-electron chi connectivity index (χ1n) is 17.7. The molecule has 2 nitrogen and oxygen atoms in total. The number of hydrogen-bond donors (Lipinski definition) is 0. The van der Waals surface area contributed by atoms with Crippen molar-refractivity contribution in [2.45, 2.75) is 19.3 Å². The quantitative estimate of drug-likeness (QED) is 0.140. The van der Waals surface area contributed by atoms with Gasteiger partial charge < -0.3 is 0 Å². The minimum absolute atomic E-state index is 0.0379. The van der Waals surface area contributed by atoms with Crippen molar-refractivity contribution in [3.63, 3.8) is 0 Å². The normalized spacial score (nSPS) is 13.1. The maximum Gasteiger partial charge on any atom is 0.160 e. The van der Waals surface area contributed by atoms with Gasteiger partial charge in [0.05, 0.1) is 11.4 Å². The molecule has 0 aliphatic heterocycles. The average molecular weight is 651 g/mol. The van der Waals surface area contributed by atoms with Crippen LogP contribution in [0, 0.1) is 0 Å². The fourth-order valence-electron chi connectivity index (χ4n) is 8.19. The molecule has 10 rings (SSSR count). The first kappa shape index (κ1) is 29.5. The van der Waals surface area contributed by atoms with Gasteiger partial charge in [-0.2, -0.15) is 0 Å². The fourth-order valence-corrected chi connectivity index (χ4v) is 8.19. The van der Waals surface area contributed by atoms with Gasteiger partial charge in [0, 0.05) is 22.1 Å². The van der Waals surface area contributed by atoms with Crippen molar-refractivity contribution in [1.29, 1.82) is 0 Å². The summed E-state index contributed by atoms with van der Waals surface area (Å²) in [6.07, 6.45) is 0. The molecule has 0 saturated carbocycles. The van der Waals surface area contributed by atoms with Crippen LogP contribution in [-0.2, 0) is 5.41 Å². The van der Waals surface area contributed by atoms with E-state index in [4.69, 9.17) is 9.97 Å². The Morgan fingerprint density at radius 2 is 1.00 bits per heavy atom. The Balaban J connectivity index is 1.08. The summed E-state index contributed by atoms with van der Waals surface area (Å²) in [5.74, 6) is 0.724. The Morgan fingerprint density at radius 1 is 0.353 bits per heavy atom. The summed E-state index contributed by atoms with van der Waals surface area (Å²) in [5, 5.41) is 7.60. The molecule has 240 valence electrons. The summed E-state index contributed by atoms with van der Waals surface area (Å²) in [7, 11) is 0. The van der Waals surface area contributed by atoms with Gasteiger partial charge in [0.15, 0.2) is 5.82 Å². The third kappa shape index (κ3) is 4.79. The molecular weight excluding hydrogens is 617 g/mol. The molecule has 1 aliphatic rings. The molecule has 8 aromatic carbocycles. The molecule has 0 unspecified atom stereocenters. The largest absolute Gasteiger partial charge is 0.228 e. The van der Waals surface area contributed by atoms with Gasteiger partial charge in [-0.25, -0.2) is 9.97 Å². The molecule has 1 aromatic heterocycles. The van der Waals surface area contributed by atoms with Gasteiger partial charge in [-0.05, 0) is 90.0 Å². The van der Waals surface area contributed by atoms with Gasteiger partial charge in [0.2, 0.25) is 0 Å². The Bertz CT molecular complexity index is 2810. The van der Waals surface area contributed by atoms with Crippen LogP contribution in [0.5, 0.6) is 0 Å². The van der Waals surface area contributed by atoms with Crippen LogP contribution in [0.1, 0.15) is 25.0 Å². The van der Waals surface area contributed by atoms with E-state index in [0.29, 0.717) is 0 Å². The highest BCUT2D eigenvalue weighted by Crippen LogP contribution is 2.49. The van der Waals surface area contributed by atoms with Gasteiger partial charge >= 0.3 is 0 Å². The Kier molecular flexibility index (Phi) is 6.56. The standard InChI is InChI=1S/C49H34N2/c1-49(2)44-18-9-8-15-41(44)43-29-37(24-26-45(43)49)47-30-46(50-48(51-47)33-11-4-3-5-12-33)32-21-19-31(20-22-32)38-16-10-17-39-40(38)25-23-36-27-34-13-6-7-14-35(34)28-42(36)39/h3-30H,1-2H3. The zero-order valence-corrected chi connectivity index (χ0v) is 28.6. The highest BCUT2D eigenvalue weighted by Gasteiger charge is 2.35. The first-order chi connectivity index (χ1) is 25.0. The number of fused-ring (bicyclic) bond motifs is 7. The maximum atomic E-state index is 5.15. The zero-order chi connectivity index (χ0) is 34.1. The molecule has 0 radical (unpaired) electrons. The summed E-state index contributed by atoms with van der Waals surface area (Å²) >= 11 is 0. The molecule has 2 heteroatoms. The van der Waals surface area contributed by atoms with E-state index in [0.717, 1.165) is 33.9 Å². The van der Waals surface area contributed by atoms with E-state index in [1.807, 2.05) is 18.2 Å². The summed E-state index contributed by atoms with van der Waals surface area (Å²) in [4.78, 5) is 10.3. The van der Waals surface area contributed by atoms with Crippen LogP contribution in [0.2, 0.25) is 0 Å². The third-order valence-corrected chi connectivity index (χ3v) is 10.9. The van der Waals surface area contributed by atoms with Crippen molar-refractivity contribution in [1.82, 2.24) is 9.97 Å². The SMILES string of the molecule is CC1(C)c2ccccc2-c2cc(-c3cc(-c4ccc(-c5cccc6c5ccc5cc7ccccc7cc56)cc4)nc(-c4ccccc4)n3)ccc21. The van der Waals surface area contributed by atoms with Crippen molar-refractivity contribution in [3.8, 4) is 56.2 Å². The molecule has 51 heavy (non-hydrogen) atoms. The van der Waals surface area contributed by atoms with Crippen molar-refractivity contribution in [2.24, 2.45) is 0 Å². The van der Waals surface area contributed by atoms with E-state index < -0.39 is 0 Å². The number of rotatable bonds is 4. The predicted octanol–water partition coefficient (Wildman–Crippen LogP) is 12.9. The summed E-state index contributed by atoms with van der Waals surface area (Å²) in [6, 6.07) is 61.3. The molecule has 0 fully saturated rings. The van der Waals surface area contributed by atoms with Gasteiger partial charge in [0.25, 0.3) is 0 Å². The average Bonchev–Trinajstić information content (AvgIpc) is 3.42. The summed E-state index contributed by atoms with van der Waals surface area (Å²) in [6.45, 7) is 4.64. The van der Waals surface area contributed by atoms with Crippen molar-refractivity contribution in [2.75, 3.05) is 0 Å². The highest BCUT2D eigenvalue weighted by atomic mass is 14.9. The van der Waals surface area contributed by atoms with Gasteiger partial charge in [-0.15, -0.1) is 0 Å². The molecule has 0 spiro atoms. The van der Waals surface area contributed by atoms with Crippen molar-refractivity contribution < 1.29 is 0 Å². The van der Waals surface area contributed by atoms with E-state index in [1.54, 1.807) is 0 Å². The van der Waals surface area contributed by atoms with Crippen molar-refractivity contribution >= 4 is 32.3 Å². The third-order valence-electron chi connectivity index (χ3n) is 10.9. The summed E-state index contributed by atoms with van der Waals surface area (Å²) < 4.78 is 0. The second-order valence-electron chi connectivity index (χ2n) is 14.2. The van der Waals surface area contributed by atoms with Crippen LogP contribution >= 0.6 is 0 Å². The van der Waals surface area contributed by atoms with Gasteiger partial charge in [-0.3, -0.25) is 0 Å². The van der Waals surface area contributed by atoms with Gasteiger partial charge in [-0.1, -0.05) is 159 Å². The lowest BCUT2D eigenvalue weighted by Crippen LogP contribution is -2.14. The Morgan fingerprint density at radius 3 is 1.82 bits per heavy atom. The molecule has 0 bridgehead atoms. The number of nitrogens with zero attached hydrogens (tertiary/aromatic N) is 2.